The second-order valence-corrected chi connectivity index (χ2v) is 10.4. The van der Waals surface area contributed by atoms with Crippen LogP contribution in [0.15, 0.2) is 59.8 Å². The van der Waals surface area contributed by atoms with E-state index in [4.69, 9.17) is 10.9 Å². The van der Waals surface area contributed by atoms with Crippen molar-refractivity contribution in [3.63, 3.8) is 0 Å². The van der Waals surface area contributed by atoms with Gasteiger partial charge in [0, 0.05) is 18.7 Å². The van der Waals surface area contributed by atoms with Gasteiger partial charge in [-0.1, -0.05) is 53.7 Å². The van der Waals surface area contributed by atoms with E-state index < -0.39 is 28.0 Å². The number of nitrogens with two attached hydrogens (primary N) is 1. The number of likely N-dealkylation sites (tertiary alicyclic amines) is 1. The third-order valence-electron chi connectivity index (χ3n) is 5.92. The molecule has 0 radical (unpaired) electrons. The van der Waals surface area contributed by atoms with Crippen LogP contribution in [0.1, 0.15) is 36.5 Å². The highest BCUT2D eigenvalue weighted by Gasteiger charge is 2.38. The van der Waals surface area contributed by atoms with Crippen LogP contribution in [0.2, 0.25) is 0 Å². The lowest BCUT2D eigenvalue weighted by atomic mass is 10.0. The Labute approximate surface area is 205 Å². The number of rotatable bonds is 10. The summed E-state index contributed by atoms with van der Waals surface area (Å²) in [7, 11) is -3.65. The first-order valence-corrected chi connectivity index (χ1v) is 13.1. The minimum absolute atomic E-state index is 0.0373. The zero-order valence-electron chi connectivity index (χ0n) is 19.6. The summed E-state index contributed by atoms with van der Waals surface area (Å²) in [6, 6.07) is 14.4. The van der Waals surface area contributed by atoms with Crippen LogP contribution in [0.4, 0.5) is 0 Å². The van der Waals surface area contributed by atoms with Crippen molar-refractivity contribution in [3.05, 3.63) is 71.3 Å². The molecule has 3 rings (SSSR count). The van der Waals surface area contributed by atoms with E-state index in [1.807, 2.05) is 30.3 Å². The van der Waals surface area contributed by atoms with E-state index in [0.717, 1.165) is 11.1 Å². The maximum atomic E-state index is 13.5. The number of oxime groups is 1. The zero-order chi connectivity index (χ0) is 25.4. The van der Waals surface area contributed by atoms with Crippen LogP contribution in [-0.2, 0) is 32.6 Å². The molecule has 1 aliphatic heterocycles. The van der Waals surface area contributed by atoms with E-state index in [0.29, 0.717) is 24.9 Å². The lowest BCUT2D eigenvalue weighted by molar-refractivity contribution is -0.139. The number of sulfonamides is 1. The molecule has 0 saturated carbocycles. The molecule has 0 aromatic heterocycles. The SMILES string of the molecule is CCS(=O)(=O)N[C@H](Cc1ccccc1)C(=O)N1CCC[C@H]1C(=O)NCc1cccc(/C(N)=N\O)c1. The normalized spacial score (nSPS) is 17.2. The average molecular weight is 502 g/mol. The molecule has 0 spiro atoms. The van der Waals surface area contributed by atoms with Crippen molar-refractivity contribution in [2.24, 2.45) is 10.9 Å². The highest BCUT2D eigenvalue weighted by Crippen LogP contribution is 2.20. The van der Waals surface area contributed by atoms with Gasteiger partial charge in [-0.15, -0.1) is 0 Å². The molecule has 1 saturated heterocycles. The van der Waals surface area contributed by atoms with Gasteiger partial charge in [-0.05, 0) is 43.4 Å². The molecule has 0 unspecified atom stereocenters. The lowest BCUT2D eigenvalue weighted by Crippen LogP contribution is -2.54. The van der Waals surface area contributed by atoms with Gasteiger partial charge in [0.15, 0.2) is 5.84 Å². The van der Waals surface area contributed by atoms with Crippen LogP contribution in [0.5, 0.6) is 0 Å². The highest BCUT2D eigenvalue weighted by molar-refractivity contribution is 7.89. The van der Waals surface area contributed by atoms with Crippen molar-refractivity contribution in [2.75, 3.05) is 12.3 Å². The van der Waals surface area contributed by atoms with Crippen LogP contribution in [0, 0.1) is 0 Å². The predicted octanol–water partition coefficient (Wildman–Crippen LogP) is 0.939. The Morgan fingerprint density at radius 3 is 2.57 bits per heavy atom. The van der Waals surface area contributed by atoms with E-state index in [-0.39, 0.29) is 30.5 Å². The molecule has 11 heteroatoms. The number of benzene rings is 2. The molecule has 2 atom stereocenters. The fraction of sp³-hybridized carbons (Fsp3) is 0.375. The maximum Gasteiger partial charge on any atom is 0.243 e. The van der Waals surface area contributed by atoms with Crippen molar-refractivity contribution in [1.82, 2.24) is 14.9 Å². The lowest BCUT2D eigenvalue weighted by Gasteiger charge is -2.28. The predicted molar refractivity (Wildman–Crippen MR) is 132 cm³/mol. The Bertz CT molecular complexity index is 1170. The summed E-state index contributed by atoms with van der Waals surface area (Å²) in [5, 5.41) is 14.7. The number of amides is 2. The van der Waals surface area contributed by atoms with Gasteiger partial charge in [-0.25, -0.2) is 13.1 Å². The molecule has 1 aliphatic rings. The third-order valence-corrected chi connectivity index (χ3v) is 7.32. The molecule has 2 aromatic rings. The van der Waals surface area contributed by atoms with Gasteiger partial charge in [0.1, 0.15) is 12.1 Å². The van der Waals surface area contributed by atoms with E-state index in [2.05, 4.69) is 15.2 Å². The number of carbonyl (C=O) groups is 2. The minimum atomic E-state index is -3.65. The summed E-state index contributed by atoms with van der Waals surface area (Å²) in [5.41, 5.74) is 7.71. The summed E-state index contributed by atoms with van der Waals surface area (Å²) in [6.07, 6.45) is 1.31. The third kappa shape index (κ3) is 7.03. The first-order chi connectivity index (χ1) is 16.7. The molecule has 35 heavy (non-hydrogen) atoms. The van der Waals surface area contributed by atoms with Crippen molar-refractivity contribution >= 4 is 27.7 Å². The standard InChI is InChI=1S/C24H31N5O5S/c1-2-35(33,34)28-20(15-17-8-4-3-5-9-17)24(31)29-13-7-12-21(29)23(30)26-16-18-10-6-11-19(14-18)22(25)27-32/h3-6,8-11,14,20-21,28,32H,2,7,12-13,15-16H2,1H3,(H2,25,27)(H,26,30)/t20-,21+/m1/s1. The Morgan fingerprint density at radius 2 is 1.89 bits per heavy atom. The molecule has 1 heterocycles. The van der Waals surface area contributed by atoms with E-state index in [1.54, 1.807) is 24.3 Å². The Kier molecular flexibility index (Phi) is 8.83. The summed E-state index contributed by atoms with van der Waals surface area (Å²) >= 11 is 0. The monoisotopic (exact) mass is 501 g/mol. The second kappa shape index (κ2) is 11.8. The quantitative estimate of drug-likeness (QED) is 0.164. The first-order valence-electron chi connectivity index (χ1n) is 11.4. The molecular formula is C24H31N5O5S. The topological polar surface area (TPSA) is 154 Å². The van der Waals surface area contributed by atoms with Crippen LogP contribution >= 0.6 is 0 Å². The average Bonchev–Trinajstić information content (AvgIpc) is 3.37. The molecule has 0 aliphatic carbocycles. The summed E-state index contributed by atoms with van der Waals surface area (Å²) in [4.78, 5) is 27.9. The van der Waals surface area contributed by atoms with Crippen molar-refractivity contribution < 1.29 is 23.2 Å². The van der Waals surface area contributed by atoms with E-state index in [1.165, 1.54) is 11.8 Å². The van der Waals surface area contributed by atoms with E-state index >= 15 is 0 Å². The molecule has 5 N–H and O–H groups in total. The van der Waals surface area contributed by atoms with Crippen LogP contribution in [-0.4, -0.2) is 60.6 Å². The van der Waals surface area contributed by atoms with Crippen LogP contribution < -0.4 is 15.8 Å². The molecule has 0 bridgehead atoms. The molecule has 2 aromatic carbocycles. The first kappa shape index (κ1) is 26.2. The fourth-order valence-corrected chi connectivity index (χ4v) is 4.82. The maximum absolute atomic E-state index is 13.5. The Morgan fingerprint density at radius 1 is 1.17 bits per heavy atom. The number of nitrogens with one attached hydrogen (secondary N) is 2. The fourth-order valence-electron chi connectivity index (χ4n) is 4.04. The van der Waals surface area contributed by atoms with Gasteiger partial charge in [-0.2, -0.15) is 0 Å². The number of hydrogen-bond donors (Lipinski definition) is 4. The molecule has 1 fully saturated rings. The molecule has 188 valence electrons. The molecular weight excluding hydrogens is 470 g/mol. The van der Waals surface area contributed by atoms with E-state index in [9.17, 15) is 18.0 Å². The van der Waals surface area contributed by atoms with Crippen LogP contribution in [0.25, 0.3) is 0 Å². The molecule has 2 amide bonds. The number of carbonyl (C=O) groups excluding carboxylic acids is 2. The number of amidine groups is 1. The zero-order valence-corrected chi connectivity index (χ0v) is 20.4. The number of nitrogens with zero attached hydrogens (tertiary/aromatic N) is 2. The summed E-state index contributed by atoms with van der Waals surface area (Å²) < 4.78 is 27.1. The summed E-state index contributed by atoms with van der Waals surface area (Å²) in [5.74, 6) is -0.927. The van der Waals surface area contributed by atoms with Gasteiger partial charge >= 0.3 is 0 Å². The van der Waals surface area contributed by atoms with Crippen molar-refractivity contribution in [3.8, 4) is 0 Å². The van der Waals surface area contributed by atoms with Gasteiger partial charge in [-0.3, -0.25) is 9.59 Å². The minimum Gasteiger partial charge on any atom is -0.409 e. The van der Waals surface area contributed by atoms with Gasteiger partial charge in [0.25, 0.3) is 0 Å². The second-order valence-electron chi connectivity index (χ2n) is 8.36. The van der Waals surface area contributed by atoms with Crippen molar-refractivity contribution in [2.45, 2.75) is 44.8 Å². The number of hydrogen-bond acceptors (Lipinski definition) is 6. The van der Waals surface area contributed by atoms with Gasteiger partial charge in [0.2, 0.25) is 21.8 Å². The van der Waals surface area contributed by atoms with Gasteiger partial charge < -0.3 is 21.2 Å². The Balaban J connectivity index is 1.72. The van der Waals surface area contributed by atoms with Crippen LogP contribution in [0.3, 0.4) is 0 Å². The smallest absolute Gasteiger partial charge is 0.243 e. The largest absolute Gasteiger partial charge is 0.409 e. The van der Waals surface area contributed by atoms with Gasteiger partial charge in [0.05, 0.1) is 5.75 Å². The summed E-state index contributed by atoms with van der Waals surface area (Å²) in [6.45, 7) is 2.07. The molecule has 10 nitrogen and oxygen atoms in total. The van der Waals surface area contributed by atoms with Crippen molar-refractivity contribution in [1.29, 1.82) is 0 Å². The highest BCUT2D eigenvalue weighted by atomic mass is 32.2. The Hall–Kier alpha value is -3.44.